The molecule has 0 atom stereocenters. The van der Waals surface area contributed by atoms with E-state index >= 15 is 0 Å². The number of hydrogen-bond acceptors (Lipinski definition) is 7. The second kappa shape index (κ2) is 9.38. The molecule has 3 N–H and O–H groups in total. The molecule has 0 unspecified atom stereocenters. The van der Waals surface area contributed by atoms with Crippen LogP contribution in [0.5, 0.6) is 11.5 Å². The summed E-state index contributed by atoms with van der Waals surface area (Å²) in [5.74, 6) is 1.65. The van der Waals surface area contributed by atoms with Gasteiger partial charge in [0.25, 0.3) is 0 Å². The fourth-order valence-corrected chi connectivity index (χ4v) is 5.23. The van der Waals surface area contributed by atoms with Crippen molar-refractivity contribution in [3.8, 4) is 22.8 Å². The molecule has 1 aliphatic rings. The first kappa shape index (κ1) is 21.8. The molecule has 2 heterocycles. The van der Waals surface area contributed by atoms with Crippen molar-refractivity contribution in [3.05, 3.63) is 24.3 Å². The number of nitrogens with two attached hydrogens (primary N) is 1. The van der Waals surface area contributed by atoms with Crippen LogP contribution in [0.4, 0.5) is 5.69 Å². The minimum atomic E-state index is 0.564. The third kappa shape index (κ3) is 3.95. The first-order valence-electron chi connectivity index (χ1n) is 10.8. The van der Waals surface area contributed by atoms with Gasteiger partial charge >= 0.3 is 0 Å². The molecule has 166 valence electrons. The molecule has 0 aliphatic carbocycles. The molecule has 8 heteroatoms. The van der Waals surface area contributed by atoms with Crippen molar-refractivity contribution in [2.75, 3.05) is 52.3 Å². The number of hydrogen-bond donors (Lipinski definition) is 2. The second-order valence-electron chi connectivity index (χ2n) is 7.46. The zero-order valence-electron chi connectivity index (χ0n) is 18.7. The number of nitrogens with one attached hydrogen (secondary N) is 1. The van der Waals surface area contributed by atoms with Crippen LogP contribution in [0.25, 0.3) is 22.2 Å². The number of benzene rings is 2. The van der Waals surface area contributed by atoms with Crippen LogP contribution < -0.4 is 20.5 Å². The summed E-state index contributed by atoms with van der Waals surface area (Å²) in [6.07, 6.45) is 0. The fraction of sp³-hybridized carbons (Fsp3) is 0.435. The van der Waals surface area contributed by atoms with Crippen LogP contribution in [0.2, 0.25) is 0 Å². The van der Waals surface area contributed by atoms with Gasteiger partial charge in [-0.1, -0.05) is 25.6 Å². The number of anilines is 1. The Morgan fingerprint density at radius 3 is 2.65 bits per heavy atom. The normalized spacial score (nSPS) is 12.3. The minimum Gasteiger partial charge on any atom is -0.497 e. The van der Waals surface area contributed by atoms with Gasteiger partial charge in [-0.2, -0.15) is 5.10 Å². The molecule has 0 saturated heterocycles. The highest BCUT2D eigenvalue weighted by Gasteiger charge is 2.29. The molecule has 0 radical (unpaired) electrons. The Morgan fingerprint density at radius 2 is 1.97 bits per heavy atom. The van der Waals surface area contributed by atoms with E-state index in [9.17, 15) is 0 Å². The third-order valence-electron chi connectivity index (χ3n) is 5.79. The van der Waals surface area contributed by atoms with E-state index in [2.05, 4.69) is 46.9 Å². The maximum absolute atomic E-state index is 5.84. The molecular formula is C23H31N5O2S. The third-order valence-corrected chi connectivity index (χ3v) is 6.99. The topological polar surface area (TPSA) is 77.6 Å². The lowest BCUT2D eigenvalue weighted by atomic mass is 10.1. The van der Waals surface area contributed by atoms with Crippen molar-refractivity contribution < 1.29 is 9.47 Å². The lowest BCUT2D eigenvalue weighted by molar-refractivity contribution is 0.286. The zero-order chi connectivity index (χ0) is 22.0. The number of fused-ring (bicyclic) bond motifs is 2. The summed E-state index contributed by atoms with van der Waals surface area (Å²) in [6.45, 7) is 9.43. The van der Waals surface area contributed by atoms with Crippen molar-refractivity contribution in [3.63, 3.8) is 0 Å². The summed E-state index contributed by atoms with van der Waals surface area (Å²) in [5, 5.41) is 9.70. The van der Waals surface area contributed by atoms with Gasteiger partial charge in [0.15, 0.2) is 0 Å². The highest BCUT2D eigenvalue weighted by atomic mass is 32.2. The van der Waals surface area contributed by atoms with Gasteiger partial charge in [0.1, 0.15) is 22.7 Å². The van der Waals surface area contributed by atoms with Crippen LogP contribution >= 0.6 is 11.8 Å². The fourth-order valence-electron chi connectivity index (χ4n) is 4.07. The molecular weight excluding hydrogens is 410 g/mol. The molecule has 0 bridgehead atoms. The van der Waals surface area contributed by atoms with Gasteiger partial charge in [0.2, 0.25) is 0 Å². The summed E-state index contributed by atoms with van der Waals surface area (Å²) < 4.78 is 13.4. The number of methoxy groups -OCH3 is 2. The summed E-state index contributed by atoms with van der Waals surface area (Å²) in [5.41, 5.74) is 9.92. The van der Waals surface area contributed by atoms with Crippen LogP contribution in [-0.4, -0.2) is 61.6 Å². The lowest BCUT2D eigenvalue weighted by Gasteiger charge is -2.21. The van der Waals surface area contributed by atoms with Crippen molar-refractivity contribution in [2.24, 2.45) is 5.73 Å². The van der Waals surface area contributed by atoms with E-state index in [1.807, 2.05) is 6.07 Å². The Hall–Kier alpha value is -2.42. The maximum atomic E-state index is 5.84. The number of ether oxygens (including phenoxy) is 2. The largest absolute Gasteiger partial charge is 0.497 e. The SMILES string of the molecule is CCN(CC)CCn1nc2c3c(c(NCCN)cc(OC)c31)Sc1ccc(OC)cc1-2. The van der Waals surface area contributed by atoms with Crippen LogP contribution in [0.1, 0.15) is 13.8 Å². The Kier molecular flexibility index (Phi) is 6.60. The number of likely N-dealkylation sites (N-methyl/N-ethyl adjacent to an activating group) is 1. The van der Waals surface area contributed by atoms with Gasteiger partial charge in [-0.3, -0.25) is 4.68 Å². The van der Waals surface area contributed by atoms with Crippen LogP contribution in [0.15, 0.2) is 34.1 Å². The molecule has 0 amide bonds. The number of rotatable bonds is 10. The predicted octanol–water partition coefficient (Wildman–Crippen LogP) is 3.90. The van der Waals surface area contributed by atoms with E-state index in [1.54, 1.807) is 26.0 Å². The van der Waals surface area contributed by atoms with Gasteiger partial charge < -0.3 is 25.4 Å². The molecule has 0 fully saturated rings. The predicted molar refractivity (Wildman–Crippen MR) is 128 cm³/mol. The van der Waals surface area contributed by atoms with Gasteiger partial charge in [0.05, 0.1) is 26.5 Å². The second-order valence-corrected chi connectivity index (χ2v) is 8.51. The maximum Gasteiger partial charge on any atom is 0.146 e. The van der Waals surface area contributed by atoms with Crippen molar-refractivity contribution in [1.82, 2.24) is 14.7 Å². The molecule has 1 aromatic heterocycles. The summed E-state index contributed by atoms with van der Waals surface area (Å²) >= 11 is 1.76. The van der Waals surface area contributed by atoms with Crippen molar-refractivity contribution in [2.45, 2.75) is 30.2 Å². The molecule has 31 heavy (non-hydrogen) atoms. The van der Waals surface area contributed by atoms with Gasteiger partial charge in [-0.05, 0) is 31.3 Å². The number of nitrogens with zero attached hydrogens (tertiary/aromatic N) is 3. The highest BCUT2D eigenvalue weighted by molar-refractivity contribution is 8.00. The van der Waals surface area contributed by atoms with E-state index in [0.717, 1.165) is 65.5 Å². The van der Waals surface area contributed by atoms with Gasteiger partial charge in [0, 0.05) is 46.4 Å². The Balaban J connectivity index is 1.92. The van der Waals surface area contributed by atoms with E-state index < -0.39 is 0 Å². The Morgan fingerprint density at radius 1 is 1.16 bits per heavy atom. The smallest absolute Gasteiger partial charge is 0.146 e. The standard InChI is InChI=1S/C23H31N5O2S/c1-5-27(6-2)11-12-28-22-18(30-4)14-17(25-10-9-24)23-20(22)21(26-28)16-13-15(29-3)7-8-19(16)31-23/h7-8,13-14,25H,5-6,9-12,24H2,1-4H3. The zero-order valence-corrected chi connectivity index (χ0v) is 19.5. The molecule has 7 nitrogen and oxygen atoms in total. The first-order valence-corrected chi connectivity index (χ1v) is 11.6. The summed E-state index contributed by atoms with van der Waals surface area (Å²) in [4.78, 5) is 4.75. The molecule has 2 aromatic carbocycles. The Bertz CT molecular complexity index is 1080. The molecule has 0 spiro atoms. The average molecular weight is 442 g/mol. The number of aromatic nitrogens is 2. The quantitative estimate of drug-likeness (QED) is 0.386. The average Bonchev–Trinajstić information content (AvgIpc) is 3.19. The van der Waals surface area contributed by atoms with E-state index in [0.29, 0.717) is 13.1 Å². The molecule has 0 saturated carbocycles. The molecule has 3 aromatic rings. The highest BCUT2D eigenvalue weighted by Crippen LogP contribution is 2.53. The van der Waals surface area contributed by atoms with Gasteiger partial charge in [-0.25, -0.2) is 0 Å². The van der Waals surface area contributed by atoms with Crippen molar-refractivity contribution >= 4 is 28.4 Å². The first-order chi connectivity index (χ1) is 15.1. The van der Waals surface area contributed by atoms with Gasteiger partial charge in [-0.15, -0.1) is 0 Å². The van der Waals surface area contributed by atoms with Crippen LogP contribution in [0.3, 0.4) is 0 Å². The van der Waals surface area contributed by atoms with Crippen molar-refractivity contribution in [1.29, 1.82) is 0 Å². The van der Waals surface area contributed by atoms with E-state index in [1.165, 1.54) is 9.79 Å². The lowest BCUT2D eigenvalue weighted by Crippen LogP contribution is -2.27. The van der Waals surface area contributed by atoms with Crippen LogP contribution in [0, 0.1) is 0 Å². The molecule has 1 aliphatic heterocycles. The van der Waals surface area contributed by atoms with E-state index in [-0.39, 0.29) is 0 Å². The van der Waals surface area contributed by atoms with Crippen LogP contribution in [-0.2, 0) is 6.54 Å². The summed E-state index contributed by atoms with van der Waals surface area (Å²) in [7, 11) is 3.42. The summed E-state index contributed by atoms with van der Waals surface area (Å²) in [6, 6.07) is 8.27. The minimum absolute atomic E-state index is 0.564. The monoisotopic (exact) mass is 441 g/mol. The van der Waals surface area contributed by atoms with E-state index in [4.69, 9.17) is 20.3 Å². The molecule has 4 rings (SSSR count). The Labute approximate surface area is 187 Å².